The van der Waals surface area contributed by atoms with E-state index in [0.717, 1.165) is 81.9 Å². The fourth-order valence-corrected chi connectivity index (χ4v) is 8.57. The minimum absolute atomic E-state index is 0.0739. The quantitative estimate of drug-likeness (QED) is 0.163. The first-order valence-electron chi connectivity index (χ1n) is 19.1. The van der Waals surface area contributed by atoms with Crippen molar-refractivity contribution in [1.82, 2.24) is 0 Å². The first-order chi connectivity index (χ1) is 26.7. The normalized spacial score (nSPS) is 17.8. The molecule has 55 heavy (non-hydrogen) atoms. The van der Waals surface area contributed by atoms with Crippen molar-refractivity contribution in [3.05, 3.63) is 136 Å². The number of carbonyl (C=O) groups is 2. The lowest BCUT2D eigenvalue weighted by Gasteiger charge is -2.23. The third-order valence-corrected chi connectivity index (χ3v) is 11.1. The Bertz CT molecular complexity index is 2390. The number of fused-ring (bicyclic) bond motifs is 8. The fraction of sp³-hybridized carbons (Fsp3) is 0.283. The Labute approximate surface area is 321 Å². The lowest BCUT2D eigenvalue weighted by atomic mass is 9.98. The maximum atomic E-state index is 13.9. The summed E-state index contributed by atoms with van der Waals surface area (Å²) in [7, 11) is 1.58. The standard InChI is InChI=1S/C46H44N4O5/c1-27(2)48-34-17-29(25-54-42-21-31-13-14-35-19-32-9-5-7-11-40(32)49(35)45(51)37(31)15-28(42)3)16-30(18-34)26-55-44-23-39-38(22-43(44)53-4)46(52)50-36(24-47-39)20-33-10-6-8-12-41(33)50/h5-12,15-18,21-24,27,35-36,48H,13-14,19-20,25-26H2,1-4H3/t35-,36+/m1/s1. The number of hydrogen-bond donors (Lipinski definition) is 1. The zero-order valence-corrected chi connectivity index (χ0v) is 31.6. The van der Waals surface area contributed by atoms with Gasteiger partial charge >= 0.3 is 0 Å². The lowest BCUT2D eigenvalue weighted by Crippen LogP contribution is -2.37. The summed E-state index contributed by atoms with van der Waals surface area (Å²) >= 11 is 0. The average Bonchev–Trinajstić information content (AvgIpc) is 3.67. The summed E-state index contributed by atoms with van der Waals surface area (Å²) in [6.45, 7) is 6.82. The van der Waals surface area contributed by atoms with Crippen LogP contribution < -0.4 is 29.3 Å². The van der Waals surface area contributed by atoms with Crippen LogP contribution in [-0.4, -0.2) is 43.3 Å². The zero-order valence-electron chi connectivity index (χ0n) is 31.6. The third kappa shape index (κ3) is 6.37. The van der Waals surface area contributed by atoms with Crippen LogP contribution in [0.4, 0.5) is 22.7 Å². The Kier molecular flexibility index (Phi) is 8.80. The second-order valence-corrected chi connectivity index (χ2v) is 15.3. The highest BCUT2D eigenvalue weighted by atomic mass is 16.5. The summed E-state index contributed by atoms with van der Waals surface area (Å²) < 4.78 is 18.7. The number of hydrogen-bond acceptors (Lipinski definition) is 7. The number of amides is 2. The number of benzene rings is 5. The van der Waals surface area contributed by atoms with Crippen molar-refractivity contribution in [2.45, 2.75) is 77.8 Å². The van der Waals surface area contributed by atoms with Gasteiger partial charge in [0.05, 0.1) is 24.4 Å². The molecular weight excluding hydrogens is 689 g/mol. The van der Waals surface area contributed by atoms with Gasteiger partial charge in [0.1, 0.15) is 19.0 Å². The van der Waals surface area contributed by atoms with Crippen molar-refractivity contribution in [2.75, 3.05) is 22.2 Å². The van der Waals surface area contributed by atoms with Gasteiger partial charge in [-0.05, 0) is 122 Å². The molecule has 2 amide bonds. The van der Waals surface area contributed by atoms with Gasteiger partial charge in [0.25, 0.3) is 11.8 Å². The molecule has 5 aromatic rings. The van der Waals surface area contributed by atoms with E-state index in [1.54, 1.807) is 19.2 Å². The number of para-hydroxylation sites is 2. The summed E-state index contributed by atoms with van der Waals surface area (Å²) in [6.07, 6.45) is 5.21. The number of anilines is 3. The van der Waals surface area contributed by atoms with Crippen LogP contribution in [0.25, 0.3) is 0 Å². The van der Waals surface area contributed by atoms with E-state index in [1.807, 2.05) is 53.3 Å². The van der Waals surface area contributed by atoms with Crippen LogP contribution in [0.2, 0.25) is 0 Å². The van der Waals surface area contributed by atoms with Crippen LogP contribution in [-0.2, 0) is 32.5 Å². The number of aliphatic imine (C=N–C) groups is 1. The summed E-state index contributed by atoms with van der Waals surface area (Å²) in [4.78, 5) is 36.4. The molecule has 9 heteroatoms. The van der Waals surface area contributed by atoms with Crippen molar-refractivity contribution in [3.63, 3.8) is 0 Å². The Morgan fingerprint density at radius 2 is 1.42 bits per heavy atom. The Balaban J connectivity index is 0.940. The van der Waals surface area contributed by atoms with E-state index in [-0.39, 0.29) is 36.5 Å². The first kappa shape index (κ1) is 34.7. The molecule has 5 aromatic carbocycles. The number of aryl methyl sites for hydroxylation is 2. The van der Waals surface area contributed by atoms with E-state index in [1.165, 1.54) is 5.56 Å². The fourth-order valence-electron chi connectivity index (χ4n) is 8.57. The molecule has 0 bridgehead atoms. The maximum Gasteiger partial charge on any atom is 0.261 e. The monoisotopic (exact) mass is 732 g/mol. The molecule has 0 saturated heterocycles. The van der Waals surface area contributed by atoms with E-state index >= 15 is 0 Å². The molecular formula is C46H44N4O5. The van der Waals surface area contributed by atoms with Crippen LogP contribution in [0.1, 0.15) is 74.4 Å². The average molecular weight is 733 g/mol. The molecule has 9 rings (SSSR count). The molecule has 0 aromatic heterocycles. The smallest absolute Gasteiger partial charge is 0.261 e. The van der Waals surface area contributed by atoms with Gasteiger partial charge in [-0.3, -0.25) is 19.5 Å². The van der Waals surface area contributed by atoms with Gasteiger partial charge in [-0.2, -0.15) is 0 Å². The SMILES string of the molecule is COc1cc2c(cc1OCc1cc(COc3cc4c(cc3C)C(=O)N3c5ccccc5C[C@H]3CC4)cc(NC(C)C)c1)N=C[C@@H]1Cc3ccccc3N1C2=O. The van der Waals surface area contributed by atoms with Crippen LogP contribution in [0.5, 0.6) is 17.2 Å². The van der Waals surface area contributed by atoms with Crippen LogP contribution in [0.3, 0.4) is 0 Å². The molecule has 0 saturated carbocycles. The van der Waals surface area contributed by atoms with E-state index in [2.05, 4.69) is 67.7 Å². The number of ether oxygens (including phenoxy) is 3. The maximum absolute atomic E-state index is 13.9. The second-order valence-electron chi connectivity index (χ2n) is 15.3. The molecule has 0 fully saturated rings. The van der Waals surface area contributed by atoms with Gasteiger partial charge in [-0.25, -0.2) is 0 Å². The molecule has 0 aliphatic carbocycles. The molecule has 4 aliphatic rings. The predicted octanol–water partition coefficient (Wildman–Crippen LogP) is 8.79. The lowest BCUT2D eigenvalue weighted by molar-refractivity contribution is 0.0975. The molecule has 2 atom stereocenters. The van der Waals surface area contributed by atoms with Gasteiger partial charge in [0.2, 0.25) is 0 Å². The highest BCUT2D eigenvalue weighted by Crippen LogP contribution is 2.42. The van der Waals surface area contributed by atoms with Crippen LogP contribution in [0, 0.1) is 6.92 Å². The van der Waals surface area contributed by atoms with E-state index in [4.69, 9.17) is 19.2 Å². The number of methoxy groups -OCH3 is 1. The molecule has 278 valence electrons. The minimum atomic E-state index is -0.141. The van der Waals surface area contributed by atoms with Crippen LogP contribution >= 0.6 is 0 Å². The predicted molar refractivity (Wildman–Crippen MR) is 216 cm³/mol. The Morgan fingerprint density at radius 3 is 2.15 bits per heavy atom. The topological polar surface area (TPSA) is 92.7 Å². The van der Waals surface area contributed by atoms with Crippen molar-refractivity contribution >= 4 is 40.8 Å². The van der Waals surface area contributed by atoms with E-state index < -0.39 is 0 Å². The van der Waals surface area contributed by atoms with Gasteiger partial charge < -0.3 is 24.4 Å². The Morgan fingerprint density at radius 1 is 0.745 bits per heavy atom. The highest BCUT2D eigenvalue weighted by Gasteiger charge is 2.38. The van der Waals surface area contributed by atoms with Crippen molar-refractivity contribution in [3.8, 4) is 17.2 Å². The summed E-state index contributed by atoms with van der Waals surface area (Å²) in [5, 5.41) is 3.53. The Hall–Kier alpha value is -6.09. The molecule has 0 spiro atoms. The number of carbonyl (C=O) groups excluding carboxylic acids is 2. The van der Waals surface area contributed by atoms with Crippen LogP contribution in [0.15, 0.2) is 96.0 Å². The molecule has 1 N–H and O–H groups in total. The minimum Gasteiger partial charge on any atom is -0.493 e. The first-order valence-corrected chi connectivity index (χ1v) is 19.1. The van der Waals surface area contributed by atoms with Gasteiger partial charge in [-0.1, -0.05) is 36.4 Å². The molecule has 4 heterocycles. The molecule has 4 aliphatic heterocycles. The summed E-state index contributed by atoms with van der Waals surface area (Å²) in [5.74, 6) is 1.72. The highest BCUT2D eigenvalue weighted by molar-refractivity contribution is 6.15. The van der Waals surface area contributed by atoms with Crippen molar-refractivity contribution in [2.24, 2.45) is 4.99 Å². The third-order valence-electron chi connectivity index (χ3n) is 11.1. The largest absolute Gasteiger partial charge is 0.493 e. The number of nitrogens with zero attached hydrogens (tertiary/aromatic N) is 3. The number of nitrogens with one attached hydrogen (secondary N) is 1. The van der Waals surface area contributed by atoms with Gasteiger partial charge in [-0.15, -0.1) is 0 Å². The van der Waals surface area contributed by atoms with Crippen molar-refractivity contribution in [1.29, 1.82) is 0 Å². The van der Waals surface area contributed by atoms with Gasteiger partial charge in [0, 0.05) is 53.4 Å². The molecule has 9 nitrogen and oxygen atoms in total. The van der Waals surface area contributed by atoms with E-state index in [0.29, 0.717) is 29.4 Å². The molecule has 0 unspecified atom stereocenters. The second kappa shape index (κ2) is 14.0. The molecule has 0 radical (unpaired) electrons. The van der Waals surface area contributed by atoms with Crippen molar-refractivity contribution < 1.29 is 23.8 Å². The summed E-state index contributed by atoms with van der Waals surface area (Å²) in [5.41, 5.74) is 11.0. The summed E-state index contributed by atoms with van der Waals surface area (Å²) in [6, 6.07) is 30.4. The van der Waals surface area contributed by atoms with E-state index in [9.17, 15) is 9.59 Å². The number of rotatable bonds is 9. The zero-order chi connectivity index (χ0) is 37.8. The van der Waals surface area contributed by atoms with Gasteiger partial charge in [0.15, 0.2) is 11.5 Å².